The van der Waals surface area contributed by atoms with Crippen LogP contribution in [0.5, 0.6) is 0 Å². The van der Waals surface area contributed by atoms with Crippen molar-refractivity contribution < 1.29 is 0 Å². The zero-order valence-corrected chi connectivity index (χ0v) is 11.9. The summed E-state index contributed by atoms with van der Waals surface area (Å²) in [5.74, 6) is 0. The minimum atomic E-state index is 0.131. The predicted octanol–water partition coefficient (Wildman–Crippen LogP) is 3.47. The number of hydrogen-bond acceptors (Lipinski definition) is 2. The Hall–Kier alpha value is -0.860. The van der Waals surface area contributed by atoms with Crippen molar-refractivity contribution in [1.29, 1.82) is 0 Å². The Bertz CT molecular complexity index is 359. The lowest BCUT2D eigenvalue weighted by Gasteiger charge is -2.39. The number of nitrogens with zero attached hydrogens (tertiary/aromatic N) is 1. The highest BCUT2D eigenvalue weighted by Gasteiger charge is 2.24. The van der Waals surface area contributed by atoms with Crippen LogP contribution in [-0.4, -0.2) is 17.0 Å². The molecule has 0 saturated carbocycles. The van der Waals surface area contributed by atoms with Crippen molar-refractivity contribution in [3.63, 3.8) is 0 Å². The zero-order valence-electron chi connectivity index (χ0n) is 11.9. The van der Waals surface area contributed by atoms with Crippen molar-refractivity contribution in [3.8, 4) is 0 Å². The Kier molecular flexibility index (Phi) is 4.41. The number of piperidine rings is 1. The first-order valence-electron chi connectivity index (χ1n) is 7.18. The molecule has 1 aliphatic heterocycles. The number of nitrogens with two attached hydrogens (primary N) is 1. The Morgan fingerprint density at radius 3 is 2.22 bits per heavy atom. The molecule has 100 valence electrons. The third kappa shape index (κ3) is 3.12. The maximum Gasteiger partial charge on any atom is 0.0266 e. The van der Waals surface area contributed by atoms with E-state index in [2.05, 4.69) is 43.0 Å². The van der Waals surface area contributed by atoms with Crippen LogP contribution >= 0.6 is 0 Å². The molecule has 2 nitrogen and oxygen atoms in total. The van der Waals surface area contributed by atoms with Gasteiger partial charge in [0, 0.05) is 24.7 Å². The highest BCUT2D eigenvalue weighted by Crippen LogP contribution is 2.24. The molecule has 0 aliphatic carbocycles. The minimum Gasteiger partial charge on any atom is -0.324 e. The molecule has 2 heteroatoms. The summed E-state index contributed by atoms with van der Waals surface area (Å²) in [5, 5.41) is 0. The van der Waals surface area contributed by atoms with Gasteiger partial charge in [0.05, 0.1) is 0 Å². The molecule has 0 spiro atoms. The molecule has 0 radical (unpaired) electrons. The van der Waals surface area contributed by atoms with Crippen LogP contribution in [-0.2, 0) is 6.54 Å². The van der Waals surface area contributed by atoms with E-state index >= 15 is 0 Å². The quantitative estimate of drug-likeness (QED) is 0.885. The highest BCUT2D eigenvalue weighted by molar-refractivity contribution is 5.24. The molecule has 3 atom stereocenters. The second kappa shape index (κ2) is 5.85. The Morgan fingerprint density at radius 1 is 1.17 bits per heavy atom. The molecule has 0 aromatic heterocycles. The van der Waals surface area contributed by atoms with Crippen LogP contribution in [0, 0.1) is 0 Å². The summed E-state index contributed by atoms with van der Waals surface area (Å²) in [6.07, 6.45) is 4.05. The second-order valence-electron chi connectivity index (χ2n) is 5.83. The normalized spacial score (nSPS) is 27.1. The second-order valence-corrected chi connectivity index (χ2v) is 5.83. The van der Waals surface area contributed by atoms with E-state index < -0.39 is 0 Å². The fraction of sp³-hybridized carbons (Fsp3) is 0.625. The van der Waals surface area contributed by atoms with Gasteiger partial charge in [-0.05, 0) is 44.7 Å². The molecule has 1 aromatic rings. The van der Waals surface area contributed by atoms with E-state index in [4.69, 9.17) is 5.73 Å². The molecule has 1 heterocycles. The fourth-order valence-corrected chi connectivity index (χ4v) is 2.92. The molecule has 2 rings (SSSR count). The molecule has 0 bridgehead atoms. The molecule has 1 saturated heterocycles. The van der Waals surface area contributed by atoms with Crippen molar-refractivity contribution in [2.24, 2.45) is 5.73 Å². The first-order chi connectivity index (χ1) is 8.58. The summed E-state index contributed by atoms with van der Waals surface area (Å²) in [7, 11) is 0. The average molecular weight is 246 g/mol. The number of rotatable bonds is 3. The standard InChI is InChI=1S/C16H26N2/c1-12-5-4-6-13(2)18(12)11-15-7-9-16(10-8-15)14(3)17/h7-10,12-14H,4-6,11,17H2,1-3H3. The van der Waals surface area contributed by atoms with Gasteiger partial charge < -0.3 is 5.73 Å². The lowest BCUT2D eigenvalue weighted by atomic mass is 9.96. The van der Waals surface area contributed by atoms with E-state index in [9.17, 15) is 0 Å². The van der Waals surface area contributed by atoms with Gasteiger partial charge >= 0.3 is 0 Å². The van der Waals surface area contributed by atoms with Gasteiger partial charge in [-0.2, -0.15) is 0 Å². The lowest BCUT2D eigenvalue weighted by Crippen LogP contribution is -2.42. The first kappa shape index (κ1) is 13.6. The van der Waals surface area contributed by atoms with E-state index in [1.54, 1.807) is 0 Å². The van der Waals surface area contributed by atoms with E-state index in [-0.39, 0.29) is 6.04 Å². The van der Waals surface area contributed by atoms with Crippen molar-refractivity contribution in [2.75, 3.05) is 0 Å². The van der Waals surface area contributed by atoms with E-state index in [1.807, 2.05) is 6.92 Å². The summed E-state index contributed by atoms with van der Waals surface area (Å²) >= 11 is 0. The van der Waals surface area contributed by atoms with Gasteiger partial charge in [0.1, 0.15) is 0 Å². The number of hydrogen-bond donors (Lipinski definition) is 1. The van der Waals surface area contributed by atoms with Gasteiger partial charge in [-0.25, -0.2) is 0 Å². The van der Waals surface area contributed by atoms with Gasteiger partial charge in [-0.1, -0.05) is 30.7 Å². The first-order valence-corrected chi connectivity index (χ1v) is 7.18. The topological polar surface area (TPSA) is 29.3 Å². The molecule has 1 aromatic carbocycles. The summed E-state index contributed by atoms with van der Waals surface area (Å²) in [4.78, 5) is 2.63. The van der Waals surface area contributed by atoms with E-state index in [1.165, 1.54) is 30.4 Å². The van der Waals surface area contributed by atoms with Gasteiger partial charge in [-0.15, -0.1) is 0 Å². The maximum atomic E-state index is 5.88. The minimum absolute atomic E-state index is 0.131. The van der Waals surface area contributed by atoms with Gasteiger partial charge in [0.25, 0.3) is 0 Å². The Balaban J connectivity index is 2.03. The van der Waals surface area contributed by atoms with Crippen molar-refractivity contribution >= 4 is 0 Å². The molecule has 1 fully saturated rings. The molecule has 1 aliphatic rings. The Morgan fingerprint density at radius 2 is 1.72 bits per heavy atom. The Labute approximate surface area is 111 Å². The monoisotopic (exact) mass is 246 g/mol. The molecule has 0 amide bonds. The summed E-state index contributed by atoms with van der Waals surface area (Å²) in [5.41, 5.74) is 8.51. The van der Waals surface area contributed by atoms with Crippen molar-refractivity contribution in [3.05, 3.63) is 35.4 Å². The predicted molar refractivity (Wildman–Crippen MR) is 77.4 cm³/mol. The molecule has 3 unspecified atom stereocenters. The van der Waals surface area contributed by atoms with Crippen LogP contribution in [0.1, 0.15) is 57.2 Å². The third-order valence-electron chi connectivity index (χ3n) is 4.25. The summed E-state index contributed by atoms with van der Waals surface area (Å²) in [6.45, 7) is 7.81. The summed E-state index contributed by atoms with van der Waals surface area (Å²) < 4.78 is 0. The number of likely N-dealkylation sites (tertiary alicyclic amines) is 1. The fourth-order valence-electron chi connectivity index (χ4n) is 2.92. The third-order valence-corrected chi connectivity index (χ3v) is 4.25. The maximum absolute atomic E-state index is 5.88. The van der Waals surface area contributed by atoms with E-state index in [0.717, 1.165) is 6.54 Å². The molecule has 18 heavy (non-hydrogen) atoms. The van der Waals surface area contributed by atoms with Crippen LogP contribution in [0.2, 0.25) is 0 Å². The van der Waals surface area contributed by atoms with Crippen LogP contribution in [0.15, 0.2) is 24.3 Å². The number of benzene rings is 1. The van der Waals surface area contributed by atoms with Gasteiger partial charge in [0.2, 0.25) is 0 Å². The van der Waals surface area contributed by atoms with Crippen LogP contribution in [0.25, 0.3) is 0 Å². The van der Waals surface area contributed by atoms with E-state index in [0.29, 0.717) is 12.1 Å². The van der Waals surface area contributed by atoms with Crippen LogP contribution in [0.3, 0.4) is 0 Å². The molecular formula is C16H26N2. The lowest BCUT2D eigenvalue weighted by molar-refractivity contribution is 0.0953. The zero-order chi connectivity index (χ0) is 13.1. The molecule has 2 N–H and O–H groups in total. The van der Waals surface area contributed by atoms with Crippen molar-refractivity contribution in [1.82, 2.24) is 4.90 Å². The van der Waals surface area contributed by atoms with Crippen LogP contribution < -0.4 is 5.73 Å². The smallest absolute Gasteiger partial charge is 0.0266 e. The highest BCUT2D eigenvalue weighted by atomic mass is 15.2. The SMILES string of the molecule is CC(N)c1ccc(CN2C(C)CCCC2C)cc1. The molecular weight excluding hydrogens is 220 g/mol. The van der Waals surface area contributed by atoms with Crippen molar-refractivity contribution in [2.45, 2.75) is 64.7 Å². The average Bonchev–Trinajstić information content (AvgIpc) is 2.34. The van der Waals surface area contributed by atoms with Gasteiger partial charge in [0.15, 0.2) is 0 Å². The summed E-state index contributed by atoms with van der Waals surface area (Å²) in [6, 6.07) is 10.3. The van der Waals surface area contributed by atoms with Gasteiger partial charge in [-0.3, -0.25) is 4.90 Å². The van der Waals surface area contributed by atoms with Crippen LogP contribution in [0.4, 0.5) is 0 Å². The largest absolute Gasteiger partial charge is 0.324 e.